The number of carbonyl (C=O) groups excluding carboxylic acids is 1. The van der Waals surface area contributed by atoms with Crippen molar-refractivity contribution in [2.24, 2.45) is 5.92 Å². The second kappa shape index (κ2) is 3.95. The van der Waals surface area contributed by atoms with Gasteiger partial charge in [-0.3, -0.25) is 4.79 Å². The summed E-state index contributed by atoms with van der Waals surface area (Å²) in [5.41, 5.74) is 4.49. The minimum Gasteiger partial charge on any atom is -0.294 e. The fourth-order valence-corrected chi connectivity index (χ4v) is 1.53. The second-order valence-corrected chi connectivity index (χ2v) is 4.20. The number of aryl methyl sites for hydroxylation is 1. The van der Waals surface area contributed by atoms with Crippen LogP contribution in [0.1, 0.15) is 40.9 Å². The Morgan fingerprint density at radius 3 is 2.14 bits per heavy atom. The van der Waals surface area contributed by atoms with Crippen molar-refractivity contribution in [1.29, 1.82) is 0 Å². The van der Waals surface area contributed by atoms with Crippen molar-refractivity contribution < 1.29 is 4.79 Å². The van der Waals surface area contributed by atoms with Crippen LogP contribution in [-0.2, 0) is 0 Å². The first-order chi connectivity index (χ1) is 6.45. The van der Waals surface area contributed by atoms with Crippen LogP contribution < -0.4 is 0 Å². The van der Waals surface area contributed by atoms with Crippen molar-refractivity contribution in [2.75, 3.05) is 0 Å². The molecule has 0 unspecified atom stereocenters. The number of benzene rings is 1. The summed E-state index contributed by atoms with van der Waals surface area (Å²) in [6.45, 7) is 10.1. The van der Waals surface area contributed by atoms with Crippen LogP contribution in [0, 0.1) is 26.7 Å². The van der Waals surface area contributed by atoms with Gasteiger partial charge < -0.3 is 0 Å². The quantitative estimate of drug-likeness (QED) is 0.653. The van der Waals surface area contributed by atoms with Crippen molar-refractivity contribution in [3.63, 3.8) is 0 Å². The third-order valence-corrected chi connectivity index (χ3v) is 2.85. The lowest BCUT2D eigenvalue weighted by Gasteiger charge is -2.11. The van der Waals surface area contributed by atoms with Gasteiger partial charge >= 0.3 is 0 Å². The molecule has 1 nitrogen and oxygen atoms in total. The van der Waals surface area contributed by atoms with E-state index < -0.39 is 0 Å². The largest absolute Gasteiger partial charge is 0.294 e. The summed E-state index contributed by atoms with van der Waals surface area (Å²) < 4.78 is 0. The lowest BCUT2D eigenvalue weighted by Crippen LogP contribution is -2.10. The monoisotopic (exact) mass is 190 g/mol. The number of Topliss-reactive ketones (excluding diaryl/α,β-unsaturated/α-hetero) is 1. The Morgan fingerprint density at radius 1 is 1.07 bits per heavy atom. The van der Waals surface area contributed by atoms with Gasteiger partial charge in [-0.2, -0.15) is 0 Å². The molecule has 0 radical (unpaired) electrons. The minimum absolute atomic E-state index is 0.0795. The summed E-state index contributed by atoms with van der Waals surface area (Å²) in [5, 5.41) is 0. The fraction of sp³-hybridized carbons (Fsp3) is 0.462. The number of hydrogen-bond acceptors (Lipinski definition) is 1. The van der Waals surface area contributed by atoms with Crippen LogP contribution in [0.2, 0.25) is 0 Å². The number of rotatable bonds is 2. The summed E-state index contributed by atoms with van der Waals surface area (Å²) >= 11 is 0. The van der Waals surface area contributed by atoms with Gasteiger partial charge in [-0.1, -0.05) is 26.0 Å². The molecule has 1 aromatic carbocycles. The molecule has 0 heterocycles. The van der Waals surface area contributed by atoms with E-state index >= 15 is 0 Å². The maximum atomic E-state index is 11.8. The molecule has 14 heavy (non-hydrogen) atoms. The normalized spacial score (nSPS) is 10.7. The van der Waals surface area contributed by atoms with Gasteiger partial charge in [-0.05, 0) is 37.5 Å². The predicted molar refractivity (Wildman–Crippen MR) is 59.8 cm³/mol. The SMILES string of the molecule is Cc1ccc(C(=O)C(C)C)c(C)c1C. The van der Waals surface area contributed by atoms with E-state index in [9.17, 15) is 4.79 Å². The Balaban J connectivity index is 3.24. The second-order valence-electron chi connectivity index (χ2n) is 4.20. The molecule has 0 aliphatic carbocycles. The van der Waals surface area contributed by atoms with Gasteiger partial charge in [0.1, 0.15) is 0 Å². The van der Waals surface area contributed by atoms with Crippen LogP contribution >= 0.6 is 0 Å². The van der Waals surface area contributed by atoms with Crippen LogP contribution in [0.4, 0.5) is 0 Å². The molecule has 0 N–H and O–H groups in total. The highest BCUT2D eigenvalue weighted by Crippen LogP contribution is 2.19. The molecule has 0 spiro atoms. The van der Waals surface area contributed by atoms with E-state index in [1.807, 2.05) is 32.9 Å². The molecule has 0 saturated heterocycles. The molecule has 0 aliphatic heterocycles. The van der Waals surface area contributed by atoms with Crippen molar-refractivity contribution in [3.8, 4) is 0 Å². The van der Waals surface area contributed by atoms with Crippen LogP contribution in [-0.4, -0.2) is 5.78 Å². The lowest BCUT2D eigenvalue weighted by atomic mass is 9.92. The van der Waals surface area contributed by atoms with E-state index in [1.165, 1.54) is 11.1 Å². The van der Waals surface area contributed by atoms with E-state index in [1.54, 1.807) is 0 Å². The Labute approximate surface area is 86.1 Å². The van der Waals surface area contributed by atoms with Crippen molar-refractivity contribution in [3.05, 3.63) is 34.4 Å². The first kappa shape index (κ1) is 11.0. The molecule has 0 atom stereocenters. The summed E-state index contributed by atoms with van der Waals surface area (Å²) in [4.78, 5) is 11.8. The van der Waals surface area contributed by atoms with E-state index in [2.05, 4.69) is 13.8 Å². The molecule has 1 aromatic rings. The molecule has 76 valence electrons. The predicted octanol–water partition coefficient (Wildman–Crippen LogP) is 3.45. The number of hydrogen-bond donors (Lipinski definition) is 0. The Bertz CT molecular complexity index is 362. The van der Waals surface area contributed by atoms with Gasteiger partial charge in [-0.25, -0.2) is 0 Å². The summed E-state index contributed by atoms with van der Waals surface area (Å²) in [6, 6.07) is 3.97. The molecule has 1 rings (SSSR count). The first-order valence-electron chi connectivity index (χ1n) is 5.06. The molecular weight excluding hydrogens is 172 g/mol. The average molecular weight is 190 g/mol. The average Bonchev–Trinajstić information content (AvgIpc) is 2.13. The Morgan fingerprint density at radius 2 is 1.64 bits per heavy atom. The highest BCUT2D eigenvalue weighted by molar-refractivity contribution is 5.99. The van der Waals surface area contributed by atoms with E-state index in [-0.39, 0.29) is 11.7 Å². The standard InChI is InChI=1S/C13H18O/c1-8(2)13(14)12-7-6-9(3)10(4)11(12)5/h6-8H,1-5H3. The Hall–Kier alpha value is -1.11. The van der Waals surface area contributed by atoms with Crippen molar-refractivity contribution in [2.45, 2.75) is 34.6 Å². The summed E-state index contributed by atoms with van der Waals surface area (Å²) in [7, 11) is 0. The van der Waals surface area contributed by atoms with Gasteiger partial charge in [-0.15, -0.1) is 0 Å². The molecule has 0 bridgehead atoms. The summed E-state index contributed by atoms with van der Waals surface area (Å²) in [6.07, 6.45) is 0. The lowest BCUT2D eigenvalue weighted by molar-refractivity contribution is 0.0938. The van der Waals surface area contributed by atoms with Crippen molar-refractivity contribution >= 4 is 5.78 Å². The maximum absolute atomic E-state index is 11.8. The van der Waals surface area contributed by atoms with Gasteiger partial charge in [0.05, 0.1) is 0 Å². The Kier molecular flexibility index (Phi) is 3.10. The maximum Gasteiger partial charge on any atom is 0.165 e. The van der Waals surface area contributed by atoms with E-state index in [0.29, 0.717) is 0 Å². The van der Waals surface area contributed by atoms with Crippen molar-refractivity contribution in [1.82, 2.24) is 0 Å². The molecule has 0 saturated carbocycles. The third-order valence-electron chi connectivity index (χ3n) is 2.85. The molecule has 0 amide bonds. The van der Waals surface area contributed by atoms with E-state index in [0.717, 1.165) is 11.1 Å². The smallest absolute Gasteiger partial charge is 0.165 e. The van der Waals surface area contributed by atoms with Gasteiger partial charge in [0.25, 0.3) is 0 Å². The number of ketones is 1. The first-order valence-corrected chi connectivity index (χ1v) is 5.06. The van der Waals surface area contributed by atoms with E-state index in [4.69, 9.17) is 0 Å². The fourth-order valence-electron chi connectivity index (χ4n) is 1.53. The highest BCUT2D eigenvalue weighted by atomic mass is 16.1. The van der Waals surface area contributed by atoms with Gasteiger partial charge in [0, 0.05) is 11.5 Å². The molecular formula is C13H18O. The topological polar surface area (TPSA) is 17.1 Å². The zero-order valence-electron chi connectivity index (χ0n) is 9.64. The highest BCUT2D eigenvalue weighted by Gasteiger charge is 2.14. The van der Waals surface area contributed by atoms with Crippen LogP contribution in [0.3, 0.4) is 0 Å². The summed E-state index contributed by atoms with van der Waals surface area (Å²) in [5.74, 6) is 0.321. The molecule has 1 heteroatoms. The van der Waals surface area contributed by atoms with Gasteiger partial charge in [0.15, 0.2) is 5.78 Å². The molecule has 0 aromatic heterocycles. The third kappa shape index (κ3) is 1.87. The molecule has 0 aliphatic rings. The zero-order valence-corrected chi connectivity index (χ0v) is 9.64. The van der Waals surface area contributed by atoms with Crippen LogP contribution in [0.15, 0.2) is 12.1 Å². The minimum atomic E-state index is 0.0795. The van der Waals surface area contributed by atoms with Crippen LogP contribution in [0.5, 0.6) is 0 Å². The zero-order chi connectivity index (χ0) is 10.9. The van der Waals surface area contributed by atoms with Gasteiger partial charge in [0.2, 0.25) is 0 Å². The number of carbonyl (C=O) groups is 1. The van der Waals surface area contributed by atoms with Crippen LogP contribution in [0.25, 0.3) is 0 Å². The molecule has 0 fully saturated rings.